The van der Waals surface area contributed by atoms with E-state index in [4.69, 9.17) is 18.0 Å². The Morgan fingerprint density at radius 3 is 2.71 bits per heavy atom. The van der Waals surface area contributed by atoms with E-state index in [9.17, 15) is 4.79 Å². The van der Waals surface area contributed by atoms with Crippen LogP contribution >= 0.6 is 12.2 Å². The van der Waals surface area contributed by atoms with Gasteiger partial charge in [-0.15, -0.1) is 0 Å². The van der Waals surface area contributed by atoms with Crippen molar-refractivity contribution in [1.29, 1.82) is 0 Å². The minimum absolute atomic E-state index is 0.185. The van der Waals surface area contributed by atoms with E-state index in [1.54, 1.807) is 12.4 Å². The maximum absolute atomic E-state index is 10.7. The second kappa shape index (κ2) is 6.96. The highest BCUT2D eigenvalue weighted by Crippen LogP contribution is 2.07. The number of pyridine rings is 1. The fourth-order valence-electron chi connectivity index (χ4n) is 1.51. The van der Waals surface area contributed by atoms with E-state index >= 15 is 0 Å². The number of nitrogens with one attached hydrogen (secondary N) is 1. The lowest BCUT2D eigenvalue weighted by molar-refractivity contribution is -0.118. The van der Waals surface area contributed by atoms with Crippen molar-refractivity contribution in [1.82, 2.24) is 10.3 Å². The molecule has 0 bridgehead atoms. The van der Waals surface area contributed by atoms with Crippen molar-refractivity contribution in [2.24, 2.45) is 11.7 Å². The average molecular weight is 251 g/mol. The second-order valence-electron chi connectivity index (χ2n) is 4.11. The van der Waals surface area contributed by atoms with Crippen LogP contribution in [0, 0.1) is 5.92 Å². The van der Waals surface area contributed by atoms with Crippen LogP contribution in [0.4, 0.5) is 0 Å². The summed E-state index contributed by atoms with van der Waals surface area (Å²) in [5, 5.41) is 3.15. The van der Waals surface area contributed by atoms with E-state index in [0.29, 0.717) is 19.4 Å². The Morgan fingerprint density at radius 2 is 2.12 bits per heavy atom. The van der Waals surface area contributed by atoms with E-state index in [1.165, 1.54) is 0 Å². The van der Waals surface area contributed by atoms with Crippen molar-refractivity contribution in [3.8, 4) is 0 Å². The van der Waals surface area contributed by atoms with Crippen LogP contribution in [0.25, 0.3) is 0 Å². The van der Waals surface area contributed by atoms with Crippen LogP contribution in [0.3, 0.4) is 0 Å². The van der Waals surface area contributed by atoms with Crippen LogP contribution in [0.5, 0.6) is 0 Å². The largest absolute Gasteiger partial charge is 0.376 e. The number of rotatable bonds is 6. The topological polar surface area (TPSA) is 68.0 Å². The van der Waals surface area contributed by atoms with Crippen LogP contribution in [0.15, 0.2) is 24.5 Å². The quantitative estimate of drug-likeness (QED) is 0.750. The summed E-state index contributed by atoms with van der Waals surface area (Å²) in [4.78, 5) is 15.4. The Kier molecular flexibility index (Phi) is 5.56. The molecule has 1 atom stereocenters. The van der Waals surface area contributed by atoms with E-state index in [2.05, 4.69) is 10.3 Å². The number of primary amides is 1. The Hall–Kier alpha value is -1.49. The van der Waals surface area contributed by atoms with Crippen molar-refractivity contribution in [2.75, 3.05) is 0 Å². The normalized spacial score (nSPS) is 11.8. The third-order valence-corrected chi connectivity index (χ3v) is 2.63. The van der Waals surface area contributed by atoms with Crippen LogP contribution in [-0.4, -0.2) is 15.9 Å². The van der Waals surface area contributed by atoms with Crippen molar-refractivity contribution in [3.63, 3.8) is 0 Å². The smallest absolute Gasteiger partial charge is 0.217 e. The Balaban J connectivity index is 2.28. The lowest BCUT2D eigenvalue weighted by atomic mass is 10.0. The van der Waals surface area contributed by atoms with Gasteiger partial charge in [0.15, 0.2) is 0 Å². The molecule has 0 unspecified atom stereocenters. The molecule has 0 fully saturated rings. The fourth-order valence-corrected chi connectivity index (χ4v) is 1.86. The zero-order chi connectivity index (χ0) is 12.7. The van der Waals surface area contributed by atoms with Gasteiger partial charge in [0.2, 0.25) is 5.91 Å². The molecule has 17 heavy (non-hydrogen) atoms. The number of aromatic nitrogens is 1. The minimum atomic E-state index is -0.283. The molecule has 0 aliphatic rings. The third kappa shape index (κ3) is 5.97. The molecule has 1 aromatic heterocycles. The third-order valence-electron chi connectivity index (χ3n) is 2.32. The molecule has 1 amide bonds. The summed E-state index contributed by atoms with van der Waals surface area (Å²) < 4.78 is 0. The first-order chi connectivity index (χ1) is 8.08. The van der Waals surface area contributed by atoms with E-state index in [1.807, 2.05) is 19.1 Å². The van der Waals surface area contributed by atoms with Crippen molar-refractivity contribution < 1.29 is 4.79 Å². The molecule has 0 aromatic carbocycles. The van der Waals surface area contributed by atoms with Gasteiger partial charge in [-0.2, -0.15) is 0 Å². The summed E-state index contributed by atoms with van der Waals surface area (Å²) in [5.74, 6) is -0.0978. The first-order valence-electron chi connectivity index (χ1n) is 5.52. The lowest BCUT2D eigenvalue weighted by Gasteiger charge is -2.12. The minimum Gasteiger partial charge on any atom is -0.376 e. The monoisotopic (exact) mass is 251 g/mol. The average Bonchev–Trinajstić information content (AvgIpc) is 2.26. The maximum Gasteiger partial charge on any atom is 0.217 e. The van der Waals surface area contributed by atoms with Gasteiger partial charge >= 0.3 is 0 Å². The molecule has 1 heterocycles. The Morgan fingerprint density at radius 1 is 1.47 bits per heavy atom. The Bertz CT molecular complexity index is 381. The SMILES string of the molecule is C[C@H](CC(N)=O)CC(=S)NCc1ccncc1. The number of nitrogens with two attached hydrogens (primary N) is 1. The van der Waals surface area contributed by atoms with Gasteiger partial charge in [0.25, 0.3) is 0 Å². The van der Waals surface area contributed by atoms with Gasteiger partial charge in [0.05, 0.1) is 4.99 Å². The highest BCUT2D eigenvalue weighted by Gasteiger charge is 2.08. The molecule has 3 N–H and O–H groups in total. The molecular weight excluding hydrogens is 234 g/mol. The molecule has 92 valence electrons. The molecule has 0 aliphatic heterocycles. The fraction of sp³-hybridized carbons (Fsp3) is 0.417. The first-order valence-corrected chi connectivity index (χ1v) is 5.92. The van der Waals surface area contributed by atoms with Gasteiger partial charge in [-0.25, -0.2) is 0 Å². The predicted molar refractivity (Wildman–Crippen MR) is 71.3 cm³/mol. The maximum atomic E-state index is 10.7. The highest BCUT2D eigenvalue weighted by molar-refractivity contribution is 7.80. The zero-order valence-electron chi connectivity index (χ0n) is 9.85. The highest BCUT2D eigenvalue weighted by atomic mass is 32.1. The summed E-state index contributed by atoms with van der Waals surface area (Å²) in [7, 11) is 0. The molecule has 1 rings (SSSR count). The molecule has 0 saturated heterocycles. The second-order valence-corrected chi connectivity index (χ2v) is 4.60. The van der Waals surface area contributed by atoms with Gasteiger partial charge in [0, 0.05) is 31.8 Å². The summed E-state index contributed by atoms with van der Waals surface area (Å²) in [6, 6.07) is 3.87. The van der Waals surface area contributed by atoms with Crippen LogP contribution in [0.2, 0.25) is 0 Å². The predicted octanol–water partition coefficient (Wildman–Crippen LogP) is 1.40. The number of amides is 1. The first kappa shape index (κ1) is 13.6. The molecule has 5 heteroatoms. The van der Waals surface area contributed by atoms with E-state index < -0.39 is 0 Å². The molecule has 0 radical (unpaired) electrons. The molecular formula is C12H17N3OS. The van der Waals surface area contributed by atoms with Crippen LogP contribution < -0.4 is 11.1 Å². The standard InChI is InChI=1S/C12H17N3OS/c1-9(6-11(13)16)7-12(17)15-8-10-2-4-14-5-3-10/h2-5,9H,6-8H2,1H3,(H2,13,16)(H,15,17)/t9-/m1/s1. The summed E-state index contributed by atoms with van der Waals surface area (Å²) >= 11 is 5.20. The van der Waals surface area contributed by atoms with Crippen LogP contribution in [-0.2, 0) is 11.3 Å². The number of nitrogens with zero attached hydrogens (tertiary/aromatic N) is 1. The summed E-state index contributed by atoms with van der Waals surface area (Å²) in [5.41, 5.74) is 6.25. The van der Waals surface area contributed by atoms with E-state index in [0.717, 1.165) is 10.6 Å². The molecule has 0 spiro atoms. The van der Waals surface area contributed by atoms with Crippen LogP contribution in [0.1, 0.15) is 25.3 Å². The Labute approximate surface area is 107 Å². The van der Waals surface area contributed by atoms with Crippen molar-refractivity contribution in [3.05, 3.63) is 30.1 Å². The van der Waals surface area contributed by atoms with E-state index in [-0.39, 0.29) is 11.8 Å². The number of thiocarbonyl (C=S) groups is 1. The van der Waals surface area contributed by atoms with Gasteiger partial charge in [-0.05, 0) is 23.6 Å². The molecule has 0 saturated carbocycles. The summed E-state index contributed by atoms with van der Waals surface area (Å²) in [6.07, 6.45) is 4.55. The van der Waals surface area contributed by atoms with Gasteiger partial charge in [-0.1, -0.05) is 19.1 Å². The van der Waals surface area contributed by atoms with Crippen molar-refractivity contribution in [2.45, 2.75) is 26.3 Å². The zero-order valence-corrected chi connectivity index (χ0v) is 10.7. The number of carbonyl (C=O) groups is 1. The van der Waals surface area contributed by atoms with Gasteiger partial charge < -0.3 is 11.1 Å². The lowest BCUT2D eigenvalue weighted by Crippen LogP contribution is -2.24. The number of carbonyl (C=O) groups excluding carboxylic acids is 1. The number of hydrogen-bond donors (Lipinski definition) is 2. The van der Waals surface area contributed by atoms with Gasteiger partial charge in [0.1, 0.15) is 0 Å². The molecule has 1 aromatic rings. The molecule has 0 aliphatic carbocycles. The number of hydrogen-bond acceptors (Lipinski definition) is 3. The van der Waals surface area contributed by atoms with Crippen molar-refractivity contribution >= 4 is 23.1 Å². The van der Waals surface area contributed by atoms with Gasteiger partial charge in [-0.3, -0.25) is 9.78 Å². The summed E-state index contributed by atoms with van der Waals surface area (Å²) in [6.45, 7) is 2.65. The molecule has 4 nitrogen and oxygen atoms in total.